The quantitative estimate of drug-likeness (QED) is 0.858. The molecule has 0 aliphatic rings. The van der Waals surface area contributed by atoms with E-state index in [9.17, 15) is 0 Å². The Bertz CT molecular complexity index is 541. The number of hydrogen-bond donors (Lipinski definition) is 1. The highest BCUT2D eigenvalue weighted by Crippen LogP contribution is 2.16. The summed E-state index contributed by atoms with van der Waals surface area (Å²) in [4.78, 5) is 0. The maximum atomic E-state index is 8.87. The molecule has 0 saturated heterocycles. The van der Waals surface area contributed by atoms with Crippen molar-refractivity contribution in [2.75, 3.05) is 12.3 Å². The number of para-hydroxylation sites is 1. The Labute approximate surface area is 99.0 Å². The SMILES string of the molecule is N#Cc1ccccc1OCCn1cc(N)cn1. The van der Waals surface area contributed by atoms with Crippen LogP contribution >= 0.6 is 0 Å². The van der Waals surface area contributed by atoms with E-state index in [0.29, 0.717) is 30.2 Å². The molecule has 0 fully saturated rings. The summed E-state index contributed by atoms with van der Waals surface area (Å²) in [5.74, 6) is 0.593. The Hall–Kier alpha value is -2.48. The molecule has 0 atom stereocenters. The largest absolute Gasteiger partial charge is 0.490 e. The van der Waals surface area contributed by atoms with Gasteiger partial charge in [0.05, 0.1) is 24.0 Å². The van der Waals surface area contributed by atoms with E-state index < -0.39 is 0 Å². The highest BCUT2D eigenvalue weighted by atomic mass is 16.5. The minimum atomic E-state index is 0.444. The molecule has 0 amide bonds. The maximum Gasteiger partial charge on any atom is 0.137 e. The molecule has 0 radical (unpaired) electrons. The molecule has 2 aromatic rings. The molecule has 2 rings (SSSR count). The number of hydrogen-bond acceptors (Lipinski definition) is 4. The number of rotatable bonds is 4. The first kappa shape index (κ1) is 11.0. The molecule has 5 nitrogen and oxygen atoms in total. The van der Waals surface area contributed by atoms with Crippen molar-refractivity contribution in [2.24, 2.45) is 0 Å². The van der Waals surface area contributed by atoms with Crippen LogP contribution in [-0.4, -0.2) is 16.4 Å². The Balaban J connectivity index is 1.92. The minimum absolute atomic E-state index is 0.444. The molecule has 1 heterocycles. The highest BCUT2D eigenvalue weighted by Gasteiger charge is 2.01. The van der Waals surface area contributed by atoms with Crippen molar-refractivity contribution >= 4 is 5.69 Å². The van der Waals surface area contributed by atoms with E-state index in [1.54, 1.807) is 35.3 Å². The van der Waals surface area contributed by atoms with Gasteiger partial charge in [0, 0.05) is 6.20 Å². The average Bonchev–Trinajstić information content (AvgIpc) is 2.76. The summed E-state index contributed by atoms with van der Waals surface area (Å²) in [6.07, 6.45) is 3.32. The molecule has 1 aromatic carbocycles. The van der Waals surface area contributed by atoms with Crippen molar-refractivity contribution in [2.45, 2.75) is 6.54 Å². The standard InChI is InChI=1S/C12H12N4O/c13-7-10-3-1-2-4-12(10)17-6-5-16-9-11(14)8-15-16/h1-4,8-9H,5-6,14H2. The average molecular weight is 228 g/mol. The predicted octanol–water partition coefficient (Wildman–Crippen LogP) is 1.42. The van der Waals surface area contributed by atoms with Crippen molar-refractivity contribution in [3.05, 3.63) is 42.2 Å². The summed E-state index contributed by atoms with van der Waals surface area (Å²) in [6, 6.07) is 9.22. The first-order chi connectivity index (χ1) is 8.29. The van der Waals surface area contributed by atoms with Gasteiger partial charge in [-0.25, -0.2) is 0 Å². The fraction of sp³-hybridized carbons (Fsp3) is 0.167. The molecule has 0 unspecified atom stereocenters. The number of nitrogens with two attached hydrogens (primary N) is 1. The zero-order chi connectivity index (χ0) is 12.1. The van der Waals surface area contributed by atoms with Crippen LogP contribution < -0.4 is 10.5 Å². The van der Waals surface area contributed by atoms with Crippen molar-refractivity contribution in [1.82, 2.24) is 9.78 Å². The van der Waals surface area contributed by atoms with E-state index in [1.807, 2.05) is 6.07 Å². The fourth-order valence-electron chi connectivity index (χ4n) is 1.44. The third-order valence-corrected chi connectivity index (χ3v) is 2.24. The van der Waals surface area contributed by atoms with Gasteiger partial charge in [-0.1, -0.05) is 12.1 Å². The number of anilines is 1. The molecule has 5 heteroatoms. The second-order valence-electron chi connectivity index (χ2n) is 3.49. The topological polar surface area (TPSA) is 76.9 Å². The van der Waals surface area contributed by atoms with Crippen molar-refractivity contribution in [1.29, 1.82) is 5.26 Å². The summed E-state index contributed by atoms with van der Waals surface area (Å²) < 4.78 is 7.22. The number of ether oxygens (including phenoxy) is 1. The normalized spacial score (nSPS) is 9.82. The fourth-order valence-corrected chi connectivity index (χ4v) is 1.44. The van der Waals surface area contributed by atoms with Crippen molar-refractivity contribution in [3.63, 3.8) is 0 Å². The van der Waals surface area contributed by atoms with Crippen molar-refractivity contribution < 1.29 is 4.74 Å². The van der Waals surface area contributed by atoms with Crippen LogP contribution in [0.2, 0.25) is 0 Å². The Morgan fingerprint density at radius 2 is 2.24 bits per heavy atom. The lowest BCUT2D eigenvalue weighted by Crippen LogP contribution is -2.09. The van der Waals surface area contributed by atoms with Crippen LogP contribution in [-0.2, 0) is 6.54 Å². The van der Waals surface area contributed by atoms with Crippen LogP contribution in [0.5, 0.6) is 5.75 Å². The third-order valence-electron chi connectivity index (χ3n) is 2.24. The Kier molecular flexibility index (Phi) is 3.26. The lowest BCUT2D eigenvalue weighted by Gasteiger charge is -2.07. The number of nitriles is 1. The second-order valence-corrected chi connectivity index (χ2v) is 3.49. The monoisotopic (exact) mass is 228 g/mol. The summed E-state index contributed by atoms with van der Waals surface area (Å²) in [5, 5.41) is 12.9. The molecule has 1 aromatic heterocycles. The van der Waals surface area contributed by atoms with Gasteiger partial charge in [0.15, 0.2) is 0 Å². The molecule has 2 N–H and O–H groups in total. The van der Waals surface area contributed by atoms with Gasteiger partial charge >= 0.3 is 0 Å². The smallest absolute Gasteiger partial charge is 0.137 e. The Morgan fingerprint density at radius 3 is 2.94 bits per heavy atom. The molecule has 86 valence electrons. The molecular formula is C12H12N4O. The third kappa shape index (κ3) is 2.75. The van der Waals surface area contributed by atoms with Crippen LogP contribution in [0.1, 0.15) is 5.56 Å². The van der Waals surface area contributed by atoms with Crippen LogP contribution in [0.4, 0.5) is 5.69 Å². The minimum Gasteiger partial charge on any atom is -0.490 e. The summed E-state index contributed by atoms with van der Waals surface area (Å²) in [7, 11) is 0. The van der Waals surface area contributed by atoms with Gasteiger partial charge in [0.1, 0.15) is 18.4 Å². The summed E-state index contributed by atoms with van der Waals surface area (Å²) >= 11 is 0. The van der Waals surface area contributed by atoms with Crippen molar-refractivity contribution in [3.8, 4) is 11.8 Å². The lowest BCUT2D eigenvalue weighted by atomic mass is 10.2. The van der Waals surface area contributed by atoms with E-state index in [-0.39, 0.29) is 0 Å². The zero-order valence-electron chi connectivity index (χ0n) is 9.21. The Morgan fingerprint density at radius 1 is 1.41 bits per heavy atom. The van der Waals surface area contributed by atoms with E-state index in [2.05, 4.69) is 11.2 Å². The predicted molar refractivity (Wildman–Crippen MR) is 63.3 cm³/mol. The molecular weight excluding hydrogens is 216 g/mol. The van der Waals surface area contributed by atoms with Gasteiger partial charge in [-0.15, -0.1) is 0 Å². The van der Waals surface area contributed by atoms with Gasteiger partial charge in [0.2, 0.25) is 0 Å². The first-order valence-electron chi connectivity index (χ1n) is 5.19. The van der Waals surface area contributed by atoms with Gasteiger partial charge < -0.3 is 10.5 Å². The van der Waals surface area contributed by atoms with Crippen LogP contribution in [0, 0.1) is 11.3 Å². The highest BCUT2D eigenvalue weighted by molar-refractivity contribution is 5.42. The number of nitrogens with zero attached hydrogens (tertiary/aromatic N) is 3. The van der Waals surface area contributed by atoms with E-state index in [4.69, 9.17) is 15.7 Å². The molecule has 0 bridgehead atoms. The number of benzene rings is 1. The van der Waals surface area contributed by atoms with Gasteiger partial charge in [-0.3, -0.25) is 4.68 Å². The molecule has 0 saturated carbocycles. The van der Waals surface area contributed by atoms with Crippen LogP contribution in [0.25, 0.3) is 0 Å². The van der Waals surface area contributed by atoms with Crippen LogP contribution in [0.3, 0.4) is 0 Å². The molecule has 0 aliphatic carbocycles. The van der Waals surface area contributed by atoms with Gasteiger partial charge in [-0.2, -0.15) is 10.4 Å². The number of aromatic nitrogens is 2. The molecule has 0 spiro atoms. The van der Waals surface area contributed by atoms with E-state index in [0.717, 1.165) is 0 Å². The zero-order valence-corrected chi connectivity index (χ0v) is 9.21. The van der Waals surface area contributed by atoms with Gasteiger partial charge in [-0.05, 0) is 12.1 Å². The van der Waals surface area contributed by atoms with E-state index >= 15 is 0 Å². The van der Waals surface area contributed by atoms with Gasteiger partial charge in [0.25, 0.3) is 0 Å². The lowest BCUT2D eigenvalue weighted by molar-refractivity contribution is 0.290. The summed E-state index contributed by atoms with van der Waals surface area (Å²) in [6.45, 7) is 1.04. The molecule has 17 heavy (non-hydrogen) atoms. The van der Waals surface area contributed by atoms with Crippen LogP contribution in [0.15, 0.2) is 36.7 Å². The molecule has 0 aliphatic heterocycles. The second kappa shape index (κ2) is 5.03. The maximum absolute atomic E-state index is 8.87. The summed E-state index contributed by atoms with van der Waals surface area (Å²) in [5.41, 5.74) is 6.70. The number of nitrogen functional groups attached to an aromatic ring is 1. The first-order valence-corrected chi connectivity index (χ1v) is 5.19. The van der Waals surface area contributed by atoms with E-state index in [1.165, 1.54) is 0 Å².